The van der Waals surface area contributed by atoms with Gasteiger partial charge in [-0.2, -0.15) is 0 Å². The third-order valence-corrected chi connectivity index (χ3v) is 5.02. The van der Waals surface area contributed by atoms with E-state index in [0.717, 1.165) is 0 Å². The Morgan fingerprint density at radius 2 is 1.58 bits per heavy atom. The minimum Gasteiger partial charge on any atom is -0.458 e. The predicted octanol–water partition coefficient (Wildman–Crippen LogP) is 4.45. The fraction of sp³-hybridized carbons (Fsp3) is 0.500. The summed E-state index contributed by atoms with van der Waals surface area (Å²) >= 11 is 5.87. The SMILES string of the molecule is CC(C)(C)OC(=O)NCCCCC(NC(=O)c1[nH]cnc1C(=O)Nc1ccc(Cl)cc1)C(=O)OC(C)(C)C. The summed E-state index contributed by atoms with van der Waals surface area (Å²) in [4.78, 5) is 57.1. The maximum atomic E-state index is 13.1. The number of H-pyrrole nitrogens is 1. The van der Waals surface area contributed by atoms with Gasteiger partial charge >= 0.3 is 12.1 Å². The Hall–Kier alpha value is -3.60. The molecule has 1 atom stereocenters. The number of anilines is 1. The average Bonchev–Trinajstić information content (AvgIpc) is 3.27. The molecule has 0 fully saturated rings. The molecule has 38 heavy (non-hydrogen) atoms. The summed E-state index contributed by atoms with van der Waals surface area (Å²) in [5, 5.41) is 8.46. The van der Waals surface area contributed by atoms with Gasteiger partial charge in [0.05, 0.1) is 6.33 Å². The number of benzene rings is 1. The van der Waals surface area contributed by atoms with Crippen molar-refractivity contribution in [2.75, 3.05) is 11.9 Å². The van der Waals surface area contributed by atoms with Crippen molar-refractivity contribution in [3.63, 3.8) is 0 Å². The summed E-state index contributed by atoms with van der Waals surface area (Å²) < 4.78 is 10.7. The third kappa shape index (κ3) is 10.8. The van der Waals surface area contributed by atoms with E-state index in [2.05, 4.69) is 25.9 Å². The lowest BCUT2D eigenvalue weighted by molar-refractivity contribution is -0.157. The average molecular weight is 550 g/mol. The van der Waals surface area contributed by atoms with Crippen LogP contribution in [0.25, 0.3) is 0 Å². The van der Waals surface area contributed by atoms with E-state index in [-0.39, 0.29) is 17.8 Å². The topological polar surface area (TPSA) is 152 Å². The van der Waals surface area contributed by atoms with Crippen LogP contribution in [0, 0.1) is 0 Å². The number of esters is 1. The molecule has 0 spiro atoms. The van der Waals surface area contributed by atoms with E-state index in [4.69, 9.17) is 21.1 Å². The van der Waals surface area contributed by atoms with E-state index in [1.54, 1.807) is 65.8 Å². The molecule has 0 aliphatic carbocycles. The van der Waals surface area contributed by atoms with Crippen molar-refractivity contribution in [3.8, 4) is 0 Å². The molecule has 1 aromatic carbocycles. The number of nitrogens with one attached hydrogen (secondary N) is 4. The molecule has 1 aromatic heterocycles. The molecule has 11 nitrogen and oxygen atoms in total. The Morgan fingerprint density at radius 1 is 0.947 bits per heavy atom. The first-order valence-electron chi connectivity index (χ1n) is 12.3. The van der Waals surface area contributed by atoms with Gasteiger partial charge in [0, 0.05) is 17.3 Å². The van der Waals surface area contributed by atoms with Crippen LogP contribution in [-0.4, -0.2) is 57.6 Å². The van der Waals surface area contributed by atoms with Gasteiger partial charge < -0.3 is 30.4 Å². The number of ether oxygens (including phenoxy) is 2. The summed E-state index contributed by atoms with van der Waals surface area (Å²) in [7, 11) is 0. The van der Waals surface area contributed by atoms with Gasteiger partial charge in [-0.25, -0.2) is 14.6 Å². The highest BCUT2D eigenvalue weighted by Gasteiger charge is 2.29. The van der Waals surface area contributed by atoms with Crippen molar-refractivity contribution < 1.29 is 28.7 Å². The van der Waals surface area contributed by atoms with Crippen molar-refractivity contribution >= 4 is 41.2 Å². The number of rotatable bonds is 10. The van der Waals surface area contributed by atoms with Crippen molar-refractivity contribution in [1.29, 1.82) is 0 Å². The summed E-state index contributed by atoms with van der Waals surface area (Å²) in [5.41, 5.74) is -1.14. The van der Waals surface area contributed by atoms with Crippen molar-refractivity contribution in [2.24, 2.45) is 0 Å². The smallest absolute Gasteiger partial charge is 0.407 e. The molecule has 0 saturated heterocycles. The van der Waals surface area contributed by atoms with Gasteiger partial charge in [-0.05, 0) is 85.1 Å². The Morgan fingerprint density at radius 3 is 2.18 bits per heavy atom. The number of aromatic amines is 1. The van der Waals surface area contributed by atoms with Gasteiger partial charge in [-0.1, -0.05) is 11.6 Å². The van der Waals surface area contributed by atoms with Crippen LogP contribution in [-0.2, 0) is 14.3 Å². The first-order chi connectivity index (χ1) is 17.6. The molecule has 208 valence electrons. The highest BCUT2D eigenvalue weighted by Crippen LogP contribution is 2.16. The molecule has 1 unspecified atom stereocenters. The molecule has 0 bridgehead atoms. The van der Waals surface area contributed by atoms with Gasteiger partial charge in [-0.15, -0.1) is 0 Å². The number of carbonyl (C=O) groups excluding carboxylic acids is 4. The van der Waals surface area contributed by atoms with Crippen LogP contribution in [0.1, 0.15) is 81.8 Å². The highest BCUT2D eigenvalue weighted by molar-refractivity contribution is 6.30. The molecule has 0 saturated carbocycles. The molecule has 1 heterocycles. The highest BCUT2D eigenvalue weighted by atomic mass is 35.5. The number of amides is 3. The minimum absolute atomic E-state index is 0.100. The lowest BCUT2D eigenvalue weighted by atomic mass is 10.1. The summed E-state index contributed by atoms with van der Waals surface area (Å²) in [6.45, 7) is 10.8. The Balaban J connectivity index is 2.02. The minimum atomic E-state index is -0.987. The Kier molecular flexibility index (Phi) is 10.7. The summed E-state index contributed by atoms with van der Waals surface area (Å²) in [5.74, 6) is -1.91. The molecule has 12 heteroatoms. The van der Waals surface area contributed by atoms with Crippen LogP contribution < -0.4 is 16.0 Å². The second-order valence-electron chi connectivity index (χ2n) is 10.6. The van der Waals surface area contributed by atoms with Crippen LogP contribution >= 0.6 is 11.6 Å². The standard InChI is InChI=1S/C26H36ClN5O6/c1-25(2,3)37-23(35)18(9-7-8-14-28-24(36)38-26(4,5)6)32-22(34)20-19(29-15-30-20)21(33)31-17-12-10-16(27)11-13-17/h10-13,15,18H,7-9,14H2,1-6H3,(H,28,36)(H,29,30)(H,31,33)(H,32,34). The normalized spacial score (nSPS) is 12.3. The Labute approximate surface area is 227 Å². The number of unbranched alkanes of at least 4 members (excludes halogenated alkanes) is 1. The zero-order chi connectivity index (χ0) is 28.5. The number of hydrogen-bond donors (Lipinski definition) is 4. The number of carbonyl (C=O) groups is 4. The number of hydrogen-bond acceptors (Lipinski definition) is 7. The van der Waals surface area contributed by atoms with Crippen LogP contribution in [0.4, 0.5) is 10.5 Å². The molecular formula is C26H36ClN5O6. The van der Waals surface area contributed by atoms with E-state index < -0.39 is 41.1 Å². The van der Waals surface area contributed by atoms with E-state index in [9.17, 15) is 19.2 Å². The quantitative estimate of drug-likeness (QED) is 0.252. The van der Waals surface area contributed by atoms with Crippen LogP contribution in [0.5, 0.6) is 0 Å². The Bertz CT molecular complexity index is 1120. The zero-order valence-corrected chi connectivity index (χ0v) is 23.3. The van der Waals surface area contributed by atoms with Crippen LogP contribution in [0.3, 0.4) is 0 Å². The number of nitrogens with zero attached hydrogens (tertiary/aromatic N) is 1. The molecular weight excluding hydrogens is 514 g/mol. The number of alkyl carbamates (subject to hydrolysis) is 1. The first-order valence-corrected chi connectivity index (χ1v) is 12.6. The molecule has 0 aliphatic rings. The molecule has 3 amide bonds. The number of aromatic nitrogens is 2. The zero-order valence-electron chi connectivity index (χ0n) is 22.6. The number of imidazole rings is 1. The largest absolute Gasteiger partial charge is 0.458 e. The van der Waals surface area contributed by atoms with Crippen molar-refractivity contribution in [2.45, 2.75) is 78.0 Å². The maximum Gasteiger partial charge on any atom is 0.407 e. The molecule has 2 rings (SSSR count). The summed E-state index contributed by atoms with van der Waals surface area (Å²) in [6.07, 6.45) is 1.96. The van der Waals surface area contributed by atoms with Gasteiger partial charge in [0.1, 0.15) is 22.9 Å². The van der Waals surface area contributed by atoms with Gasteiger partial charge in [0.2, 0.25) is 0 Å². The molecule has 0 aliphatic heterocycles. The van der Waals surface area contributed by atoms with Crippen LogP contribution in [0.2, 0.25) is 5.02 Å². The third-order valence-electron chi connectivity index (χ3n) is 4.77. The molecule has 0 radical (unpaired) electrons. The maximum absolute atomic E-state index is 13.1. The fourth-order valence-corrected chi connectivity index (χ4v) is 3.32. The van der Waals surface area contributed by atoms with E-state index in [0.29, 0.717) is 30.1 Å². The first kappa shape index (κ1) is 30.6. The lowest BCUT2D eigenvalue weighted by Gasteiger charge is -2.24. The van der Waals surface area contributed by atoms with Gasteiger partial charge in [0.25, 0.3) is 11.8 Å². The van der Waals surface area contributed by atoms with Crippen LogP contribution in [0.15, 0.2) is 30.6 Å². The molecule has 4 N–H and O–H groups in total. The second kappa shape index (κ2) is 13.3. The van der Waals surface area contributed by atoms with Gasteiger partial charge in [-0.3, -0.25) is 9.59 Å². The summed E-state index contributed by atoms with van der Waals surface area (Å²) in [6, 6.07) is 5.47. The number of halogens is 1. The van der Waals surface area contributed by atoms with Crippen molar-refractivity contribution in [3.05, 3.63) is 47.0 Å². The molecule has 2 aromatic rings. The van der Waals surface area contributed by atoms with E-state index >= 15 is 0 Å². The second-order valence-corrected chi connectivity index (χ2v) is 11.0. The van der Waals surface area contributed by atoms with Gasteiger partial charge in [0.15, 0.2) is 5.69 Å². The fourth-order valence-electron chi connectivity index (χ4n) is 3.19. The lowest BCUT2D eigenvalue weighted by Crippen LogP contribution is -2.44. The van der Waals surface area contributed by atoms with E-state index in [1.165, 1.54) is 6.33 Å². The van der Waals surface area contributed by atoms with E-state index in [1.807, 2.05) is 0 Å². The van der Waals surface area contributed by atoms with Crippen molar-refractivity contribution in [1.82, 2.24) is 20.6 Å². The predicted molar refractivity (Wildman–Crippen MR) is 143 cm³/mol. The monoisotopic (exact) mass is 549 g/mol.